The van der Waals surface area contributed by atoms with Crippen molar-refractivity contribution in [3.05, 3.63) is 29.1 Å². The predicted molar refractivity (Wildman–Crippen MR) is 61.7 cm³/mol. The molecule has 0 N–H and O–H groups in total. The minimum absolute atomic E-state index is 0.234. The van der Waals surface area contributed by atoms with Crippen molar-refractivity contribution in [3.8, 4) is 0 Å². The van der Waals surface area contributed by atoms with Gasteiger partial charge >= 0.3 is 0 Å². The van der Waals surface area contributed by atoms with E-state index in [9.17, 15) is 0 Å². The Morgan fingerprint density at radius 2 is 1.93 bits per heavy atom. The Hall–Kier alpha value is -0.850. The van der Waals surface area contributed by atoms with Crippen LogP contribution < -0.4 is 0 Å². The standard InChI is InChI=1S/C13H21N/c1-6-7-11-9-14-10(2)8-12(11)13(3,4)5/h8-9H,6-7H2,1-5H3. The Labute approximate surface area is 87.6 Å². The summed E-state index contributed by atoms with van der Waals surface area (Å²) in [4.78, 5) is 4.37. The van der Waals surface area contributed by atoms with Crippen molar-refractivity contribution in [1.29, 1.82) is 0 Å². The van der Waals surface area contributed by atoms with Crippen molar-refractivity contribution in [2.75, 3.05) is 0 Å². The maximum absolute atomic E-state index is 4.37. The largest absolute Gasteiger partial charge is 0.261 e. The molecular formula is C13H21N. The Morgan fingerprint density at radius 1 is 1.29 bits per heavy atom. The van der Waals surface area contributed by atoms with Gasteiger partial charge in [-0.1, -0.05) is 34.1 Å². The molecule has 0 atom stereocenters. The van der Waals surface area contributed by atoms with Crippen LogP contribution in [0.1, 0.15) is 50.9 Å². The fraction of sp³-hybridized carbons (Fsp3) is 0.615. The van der Waals surface area contributed by atoms with Crippen LogP contribution in [0.25, 0.3) is 0 Å². The molecule has 0 aliphatic carbocycles. The molecule has 78 valence electrons. The van der Waals surface area contributed by atoms with Crippen molar-refractivity contribution in [2.45, 2.75) is 52.9 Å². The Kier molecular flexibility index (Phi) is 3.30. The fourth-order valence-corrected chi connectivity index (χ4v) is 1.75. The number of nitrogens with zero attached hydrogens (tertiary/aromatic N) is 1. The number of hydrogen-bond acceptors (Lipinski definition) is 1. The lowest BCUT2D eigenvalue weighted by Gasteiger charge is -2.23. The van der Waals surface area contributed by atoms with Crippen molar-refractivity contribution < 1.29 is 0 Å². The lowest BCUT2D eigenvalue weighted by Crippen LogP contribution is -2.15. The number of rotatable bonds is 2. The smallest absolute Gasteiger partial charge is 0.0375 e. The van der Waals surface area contributed by atoms with Crippen LogP contribution in [0, 0.1) is 6.92 Å². The van der Waals surface area contributed by atoms with Gasteiger partial charge in [-0.2, -0.15) is 0 Å². The molecular weight excluding hydrogens is 170 g/mol. The van der Waals surface area contributed by atoms with E-state index in [1.165, 1.54) is 17.5 Å². The normalized spacial score (nSPS) is 11.8. The molecule has 0 aromatic carbocycles. The molecule has 0 unspecified atom stereocenters. The van der Waals surface area contributed by atoms with Crippen LogP contribution in [0.4, 0.5) is 0 Å². The van der Waals surface area contributed by atoms with E-state index in [2.05, 4.69) is 45.7 Å². The summed E-state index contributed by atoms with van der Waals surface area (Å²) < 4.78 is 0. The highest BCUT2D eigenvalue weighted by Crippen LogP contribution is 2.26. The van der Waals surface area contributed by atoms with Gasteiger partial charge in [-0.05, 0) is 36.0 Å². The van der Waals surface area contributed by atoms with Crippen LogP contribution in [-0.2, 0) is 11.8 Å². The number of pyridine rings is 1. The van der Waals surface area contributed by atoms with Crippen LogP contribution >= 0.6 is 0 Å². The fourth-order valence-electron chi connectivity index (χ4n) is 1.75. The summed E-state index contributed by atoms with van der Waals surface area (Å²) in [6.07, 6.45) is 4.37. The highest BCUT2D eigenvalue weighted by atomic mass is 14.7. The van der Waals surface area contributed by atoms with E-state index in [-0.39, 0.29) is 5.41 Å². The third-order valence-electron chi connectivity index (χ3n) is 2.45. The van der Waals surface area contributed by atoms with Crippen molar-refractivity contribution >= 4 is 0 Å². The maximum Gasteiger partial charge on any atom is 0.0375 e. The number of aromatic nitrogens is 1. The van der Waals surface area contributed by atoms with Gasteiger partial charge in [-0.15, -0.1) is 0 Å². The lowest BCUT2D eigenvalue weighted by atomic mass is 9.83. The third kappa shape index (κ3) is 2.57. The van der Waals surface area contributed by atoms with Crippen LogP contribution in [-0.4, -0.2) is 4.98 Å². The highest BCUT2D eigenvalue weighted by Gasteiger charge is 2.17. The molecule has 0 saturated carbocycles. The van der Waals surface area contributed by atoms with E-state index >= 15 is 0 Å². The lowest BCUT2D eigenvalue weighted by molar-refractivity contribution is 0.579. The molecule has 1 rings (SSSR count). The highest BCUT2D eigenvalue weighted by molar-refractivity contribution is 5.32. The minimum atomic E-state index is 0.234. The summed E-state index contributed by atoms with van der Waals surface area (Å²) >= 11 is 0. The summed E-state index contributed by atoms with van der Waals surface area (Å²) in [6.45, 7) is 11.1. The average molecular weight is 191 g/mol. The third-order valence-corrected chi connectivity index (χ3v) is 2.45. The molecule has 0 aliphatic heterocycles. The Balaban J connectivity index is 3.16. The minimum Gasteiger partial charge on any atom is -0.261 e. The van der Waals surface area contributed by atoms with Crippen molar-refractivity contribution in [1.82, 2.24) is 4.98 Å². The summed E-state index contributed by atoms with van der Waals surface area (Å²) in [7, 11) is 0. The van der Waals surface area contributed by atoms with E-state index in [0.717, 1.165) is 12.1 Å². The second kappa shape index (κ2) is 4.12. The second-order valence-corrected chi connectivity index (χ2v) is 4.98. The molecule has 0 radical (unpaired) electrons. The molecule has 1 heterocycles. The molecule has 0 aliphatic rings. The average Bonchev–Trinajstić information content (AvgIpc) is 2.07. The van der Waals surface area contributed by atoms with Gasteiger partial charge in [0.1, 0.15) is 0 Å². The van der Waals surface area contributed by atoms with Crippen LogP contribution in [0.3, 0.4) is 0 Å². The number of aryl methyl sites for hydroxylation is 2. The van der Waals surface area contributed by atoms with Crippen LogP contribution in [0.5, 0.6) is 0 Å². The molecule has 1 aromatic heterocycles. The van der Waals surface area contributed by atoms with Crippen LogP contribution in [0.2, 0.25) is 0 Å². The first kappa shape index (κ1) is 11.2. The quantitative estimate of drug-likeness (QED) is 0.695. The van der Waals surface area contributed by atoms with E-state index < -0.39 is 0 Å². The van der Waals surface area contributed by atoms with E-state index in [0.29, 0.717) is 0 Å². The molecule has 14 heavy (non-hydrogen) atoms. The molecule has 0 fully saturated rings. The van der Waals surface area contributed by atoms with Gasteiger partial charge in [0, 0.05) is 11.9 Å². The predicted octanol–water partition coefficient (Wildman–Crippen LogP) is 3.64. The van der Waals surface area contributed by atoms with Gasteiger partial charge in [0.05, 0.1) is 0 Å². The Morgan fingerprint density at radius 3 is 2.43 bits per heavy atom. The summed E-state index contributed by atoms with van der Waals surface area (Å²) in [5.74, 6) is 0. The monoisotopic (exact) mass is 191 g/mol. The van der Waals surface area contributed by atoms with Crippen molar-refractivity contribution in [3.63, 3.8) is 0 Å². The molecule has 0 spiro atoms. The Bertz CT molecular complexity index is 308. The van der Waals surface area contributed by atoms with E-state index in [1.807, 2.05) is 6.20 Å². The molecule has 0 amide bonds. The van der Waals surface area contributed by atoms with E-state index in [4.69, 9.17) is 0 Å². The summed E-state index contributed by atoms with van der Waals surface area (Å²) in [5, 5.41) is 0. The first-order chi connectivity index (χ1) is 6.45. The summed E-state index contributed by atoms with van der Waals surface area (Å²) in [6, 6.07) is 2.23. The first-order valence-corrected chi connectivity index (χ1v) is 5.41. The maximum atomic E-state index is 4.37. The SMILES string of the molecule is CCCc1cnc(C)cc1C(C)(C)C. The summed E-state index contributed by atoms with van der Waals surface area (Å²) in [5.41, 5.74) is 4.21. The van der Waals surface area contributed by atoms with Gasteiger partial charge in [0.25, 0.3) is 0 Å². The molecule has 1 heteroatoms. The topological polar surface area (TPSA) is 12.9 Å². The molecule has 0 bridgehead atoms. The van der Waals surface area contributed by atoms with Gasteiger partial charge in [-0.3, -0.25) is 4.98 Å². The van der Waals surface area contributed by atoms with Gasteiger partial charge in [0.15, 0.2) is 0 Å². The first-order valence-electron chi connectivity index (χ1n) is 5.41. The van der Waals surface area contributed by atoms with Gasteiger partial charge < -0.3 is 0 Å². The molecule has 1 aromatic rings. The van der Waals surface area contributed by atoms with Gasteiger partial charge in [-0.25, -0.2) is 0 Å². The second-order valence-electron chi connectivity index (χ2n) is 4.98. The zero-order valence-electron chi connectivity index (χ0n) is 10.0. The zero-order chi connectivity index (χ0) is 10.8. The van der Waals surface area contributed by atoms with Crippen LogP contribution in [0.15, 0.2) is 12.3 Å². The molecule has 0 saturated heterocycles. The van der Waals surface area contributed by atoms with Crippen molar-refractivity contribution in [2.24, 2.45) is 0 Å². The van der Waals surface area contributed by atoms with E-state index in [1.54, 1.807) is 0 Å². The molecule has 1 nitrogen and oxygen atoms in total. The zero-order valence-corrected chi connectivity index (χ0v) is 10.0. The number of hydrogen-bond donors (Lipinski definition) is 0. The van der Waals surface area contributed by atoms with Gasteiger partial charge in [0.2, 0.25) is 0 Å².